The van der Waals surface area contributed by atoms with E-state index in [1.54, 1.807) is 43.6 Å². The summed E-state index contributed by atoms with van der Waals surface area (Å²) in [7, 11) is -4.20. The molecule has 0 saturated carbocycles. The molecule has 3 aromatic carbocycles. The molecular formula is C41H41ClFN5O5S. The molecule has 0 spiro atoms. The average Bonchev–Trinajstić information content (AvgIpc) is 3.61. The van der Waals surface area contributed by atoms with Crippen LogP contribution in [0.5, 0.6) is 5.75 Å². The Labute approximate surface area is 319 Å². The number of para-hydroxylation sites is 1. The van der Waals surface area contributed by atoms with Gasteiger partial charge in [0.15, 0.2) is 0 Å². The Morgan fingerprint density at radius 2 is 1.65 bits per heavy atom. The number of rotatable bonds is 14. The number of sulfonamides is 1. The van der Waals surface area contributed by atoms with Gasteiger partial charge in [-0.3, -0.25) is 14.6 Å². The maximum absolute atomic E-state index is 14.1. The van der Waals surface area contributed by atoms with E-state index in [1.807, 2.05) is 72.4 Å². The van der Waals surface area contributed by atoms with Crippen molar-refractivity contribution < 1.29 is 27.1 Å². The van der Waals surface area contributed by atoms with Crippen molar-refractivity contribution in [1.29, 1.82) is 0 Å². The standard InChI is InChI=1S/C41H41ClFN5O5S/c1-26-21-33(22-27(2)38(26)42)53-19-8-11-35-34-10-5-6-12-37(34)47(25-30-9-7-17-44-24-30)39(35)41(50)46-54(51,52)20-18-45-40(49)36-23-28(3)48(29(36)4)32-15-13-31(43)14-16-32/h5-7,9-10,12-17,21-24H,8,11,18-20,25H2,1-4H3,(H,45,49)(H,46,50). The number of halogens is 2. The Hall–Kier alpha value is -5.46. The molecule has 0 fully saturated rings. The van der Waals surface area contributed by atoms with Gasteiger partial charge >= 0.3 is 0 Å². The third-order valence-corrected chi connectivity index (χ3v) is 11.1. The fourth-order valence-corrected chi connectivity index (χ4v) is 7.73. The zero-order chi connectivity index (χ0) is 38.6. The highest BCUT2D eigenvalue weighted by molar-refractivity contribution is 7.90. The predicted molar refractivity (Wildman–Crippen MR) is 209 cm³/mol. The number of amides is 2. The monoisotopic (exact) mass is 769 g/mol. The molecule has 0 aliphatic rings. The van der Waals surface area contributed by atoms with E-state index in [4.69, 9.17) is 16.3 Å². The van der Waals surface area contributed by atoms with Crippen LogP contribution in [0.3, 0.4) is 0 Å². The van der Waals surface area contributed by atoms with Gasteiger partial charge in [-0.25, -0.2) is 17.5 Å². The fraction of sp³-hybridized carbons (Fsp3) is 0.244. The van der Waals surface area contributed by atoms with Gasteiger partial charge in [0.25, 0.3) is 11.8 Å². The molecule has 0 aliphatic carbocycles. The number of nitrogens with zero attached hydrogens (tertiary/aromatic N) is 3. The molecule has 13 heteroatoms. The van der Waals surface area contributed by atoms with Gasteiger partial charge in [0.05, 0.1) is 17.9 Å². The van der Waals surface area contributed by atoms with Crippen LogP contribution in [0.25, 0.3) is 16.6 Å². The number of aromatic nitrogens is 3. The number of benzene rings is 3. The Kier molecular flexibility index (Phi) is 11.5. The lowest BCUT2D eigenvalue weighted by Crippen LogP contribution is -2.38. The van der Waals surface area contributed by atoms with Crippen LogP contribution in [-0.4, -0.2) is 53.3 Å². The van der Waals surface area contributed by atoms with E-state index in [0.717, 1.165) is 33.3 Å². The van der Waals surface area contributed by atoms with Crippen LogP contribution < -0.4 is 14.8 Å². The van der Waals surface area contributed by atoms with Gasteiger partial charge in [0.1, 0.15) is 17.3 Å². The largest absolute Gasteiger partial charge is 0.494 e. The number of nitrogens with one attached hydrogen (secondary N) is 2. The van der Waals surface area contributed by atoms with E-state index >= 15 is 0 Å². The second-order valence-corrected chi connectivity index (χ2v) is 15.4. The summed E-state index contributed by atoms with van der Waals surface area (Å²) < 4.78 is 52.3. The van der Waals surface area contributed by atoms with E-state index < -0.39 is 27.6 Å². The third kappa shape index (κ3) is 8.50. The highest BCUT2D eigenvalue weighted by Crippen LogP contribution is 2.30. The van der Waals surface area contributed by atoms with Crippen molar-refractivity contribution in [3.63, 3.8) is 0 Å². The number of pyridine rings is 1. The molecule has 2 N–H and O–H groups in total. The second kappa shape index (κ2) is 16.3. The predicted octanol–water partition coefficient (Wildman–Crippen LogP) is 7.40. The Morgan fingerprint density at radius 3 is 2.35 bits per heavy atom. The van der Waals surface area contributed by atoms with Crippen LogP contribution in [-0.2, 0) is 23.0 Å². The lowest BCUT2D eigenvalue weighted by atomic mass is 10.1. The molecule has 0 unspecified atom stereocenters. The molecule has 54 heavy (non-hydrogen) atoms. The first kappa shape index (κ1) is 38.3. The number of carbonyl (C=O) groups is 2. The summed E-state index contributed by atoms with van der Waals surface area (Å²) in [6.07, 6.45) is 4.34. The molecule has 3 heterocycles. The van der Waals surface area contributed by atoms with Crippen LogP contribution in [0.2, 0.25) is 5.02 Å². The minimum Gasteiger partial charge on any atom is -0.494 e. The summed E-state index contributed by atoms with van der Waals surface area (Å²) in [5.74, 6) is -1.45. The Balaban J connectivity index is 1.19. The Bertz CT molecular complexity index is 2420. The van der Waals surface area contributed by atoms with Crippen molar-refractivity contribution in [2.45, 2.75) is 47.1 Å². The van der Waals surface area contributed by atoms with E-state index in [2.05, 4.69) is 15.0 Å². The molecule has 0 aliphatic heterocycles. The molecule has 2 amide bonds. The summed E-state index contributed by atoms with van der Waals surface area (Å²) in [6.45, 7) is 7.82. The first-order chi connectivity index (χ1) is 25.8. The van der Waals surface area contributed by atoms with E-state index in [1.165, 1.54) is 12.1 Å². The molecule has 6 rings (SSSR count). The zero-order valence-corrected chi connectivity index (χ0v) is 32.0. The molecule has 0 saturated heterocycles. The minimum atomic E-state index is -4.20. The van der Waals surface area contributed by atoms with Gasteiger partial charge in [0.2, 0.25) is 10.0 Å². The summed E-state index contributed by atoms with van der Waals surface area (Å²) in [6, 6.07) is 22.6. The van der Waals surface area contributed by atoms with Crippen LogP contribution in [0.4, 0.5) is 4.39 Å². The number of aryl methyl sites for hydroxylation is 4. The van der Waals surface area contributed by atoms with Crippen LogP contribution in [0.15, 0.2) is 91.3 Å². The number of hydrogen-bond donors (Lipinski definition) is 2. The zero-order valence-electron chi connectivity index (χ0n) is 30.4. The fourth-order valence-electron chi connectivity index (χ4n) is 6.77. The van der Waals surface area contributed by atoms with Crippen molar-refractivity contribution >= 4 is 44.3 Å². The van der Waals surface area contributed by atoms with Crippen LogP contribution in [0, 0.1) is 33.5 Å². The molecular weight excluding hydrogens is 729 g/mol. The Morgan fingerprint density at radius 1 is 0.926 bits per heavy atom. The van der Waals surface area contributed by atoms with Gasteiger partial charge in [0, 0.05) is 58.5 Å². The smallest absolute Gasteiger partial charge is 0.281 e. The van der Waals surface area contributed by atoms with Crippen molar-refractivity contribution in [2.24, 2.45) is 0 Å². The molecule has 10 nitrogen and oxygen atoms in total. The van der Waals surface area contributed by atoms with Crippen molar-refractivity contribution in [3.05, 3.63) is 147 Å². The van der Waals surface area contributed by atoms with E-state index in [0.29, 0.717) is 52.7 Å². The van der Waals surface area contributed by atoms with Crippen molar-refractivity contribution in [3.8, 4) is 11.4 Å². The number of ether oxygens (including phenoxy) is 1. The molecule has 3 aromatic heterocycles. The van der Waals surface area contributed by atoms with Crippen molar-refractivity contribution in [1.82, 2.24) is 24.2 Å². The molecule has 0 atom stereocenters. The number of carbonyl (C=O) groups excluding carboxylic acids is 2. The maximum atomic E-state index is 14.1. The summed E-state index contributed by atoms with van der Waals surface area (Å²) in [5.41, 5.74) is 6.76. The highest BCUT2D eigenvalue weighted by Gasteiger charge is 2.26. The van der Waals surface area contributed by atoms with Gasteiger partial charge < -0.3 is 19.2 Å². The van der Waals surface area contributed by atoms with Crippen molar-refractivity contribution in [2.75, 3.05) is 18.9 Å². The summed E-state index contributed by atoms with van der Waals surface area (Å²) in [5, 5.41) is 4.19. The molecule has 280 valence electrons. The average molecular weight is 770 g/mol. The molecule has 0 radical (unpaired) electrons. The topological polar surface area (TPSA) is 124 Å². The first-order valence-corrected chi connectivity index (χ1v) is 19.5. The van der Waals surface area contributed by atoms with Gasteiger partial charge in [-0.2, -0.15) is 0 Å². The van der Waals surface area contributed by atoms with Crippen LogP contribution >= 0.6 is 11.6 Å². The van der Waals surface area contributed by atoms with Gasteiger partial charge in [-0.05, 0) is 117 Å². The lowest BCUT2D eigenvalue weighted by molar-refractivity contribution is 0.0953. The van der Waals surface area contributed by atoms with Crippen LogP contribution in [0.1, 0.15) is 60.9 Å². The quantitative estimate of drug-likeness (QED) is 0.111. The maximum Gasteiger partial charge on any atom is 0.281 e. The molecule has 0 bridgehead atoms. The SMILES string of the molecule is Cc1cc(OCCCc2c(C(=O)NS(=O)(=O)CCNC(=O)c3cc(C)n(-c4ccc(F)cc4)c3C)n(Cc3cccnc3)c3ccccc23)cc(C)c1Cl. The normalized spacial score (nSPS) is 11.5. The lowest BCUT2D eigenvalue weighted by Gasteiger charge is -2.14. The molecule has 6 aromatic rings. The number of hydrogen-bond acceptors (Lipinski definition) is 6. The van der Waals surface area contributed by atoms with E-state index in [-0.39, 0.29) is 24.6 Å². The van der Waals surface area contributed by atoms with Gasteiger partial charge in [-0.1, -0.05) is 35.9 Å². The summed E-state index contributed by atoms with van der Waals surface area (Å²) in [4.78, 5) is 31.5. The number of fused-ring (bicyclic) bond motifs is 1. The van der Waals surface area contributed by atoms with Gasteiger partial charge in [-0.15, -0.1) is 0 Å². The second-order valence-electron chi connectivity index (χ2n) is 13.2. The summed E-state index contributed by atoms with van der Waals surface area (Å²) >= 11 is 6.33. The highest BCUT2D eigenvalue weighted by atomic mass is 35.5. The van der Waals surface area contributed by atoms with E-state index in [9.17, 15) is 22.4 Å². The minimum absolute atomic E-state index is 0.221. The third-order valence-electron chi connectivity index (χ3n) is 9.27. The first-order valence-electron chi connectivity index (χ1n) is 17.5.